The fourth-order valence-electron chi connectivity index (χ4n) is 4.12. The number of hydrogen-bond donors (Lipinski definition) is 1. The summed E-state index contributed by atoms with van der Waals surface area (Å²) in [6.07, 6.45) is 0.285. The van der Waals surface area contributed by atoms with E-state index in [2.05, 4.69) is 29.6 Å². The zero-order valence-electron chi connectivity index (χ0n) is 20.9. The van der Waals surface area contributed by atoms with Gasteiger partial charge in [0.15, 0.2) is 0 Å². The Morgan fingerprint density at radius 2 is 1.32 bits per heavy atom. The van der Waals surface area contributed by atoms with Crippen LogP contribution >= 0.6 is 0 Å². The van der Waals surface area contributed by atoms with Crippen molar-refractivity contribution >= 4 is 11.8 Å². The third kappa shape index (κ3) is 6.80. The molecule has 2 amide bonds. The molecule has 1 atom stereocenters. The van der Waals surface area contributed by atoms with Crippen molar-refractivity contribution in [2.24, 2.45) is 0 Å². The van der Waals surface area contributed by atoms with Gasteiger partial charge in [-0.2, -0.15) is 0 Å². The van der Waals surface area contributed by atoms with Gasteiger partial charge in [0.1, 0.15) is 6.04 Å². The molecule has 0 fully saturated rings. The Balaban J connectivity index is 1.94. The van der Waals surface area contributed by atoms with Crippen molar-refractivity contribution in [1.29, 1.82) is 0 Å². The van der Waals surface area contributed by atoms with Gasteiger partial charge in [-0.1, -0.05) is 84.9 Å². The summed E-state index contributed by atoms with van der Waals surface area (Å²) in [5, 5.41) is 3.04. The van der Waals surface area contributed by atoms with E-state index in [4.69, 9.17) is 0 Å². The Kier molecular flexibility index (Phi) is 8.27. The molecule has 1 N–H and O–H groups in total. The highest BCUT2D eigenvalue weighted by molar-refractivity contribution is 5.88. The van der Waals surface area contributed by atoms with Gasteiger partial charge < -0.3 is 10.2 Å². The van der Waals surface area contributed by atoms with E-state index in [1.54, 1.807) is 4.90 Å². The lowest BCUT2D eigenvalue weighted by molar-refractivity contribution is -0.141. The standard InChI is InChI=1S/C30H36N2O2/c1-22-14-12-13-19-26(22)21-32(23(2)29(34)31-30(3,4)5)28(33)20-27(24-15-8-6-9-16-24)25-17-10-7-11-18-25/h6-19,23,27H,20-21H2,1-5H3,(H,31,34)/t23-/m1/s1. The highest BCUT2D eigenvalue weighted by atomic mass is 16.2. The van der Waals surface area contributed by atoms with E-state index >= 15 is 0 Å². The Bertz CT molecular complexity index is 1050. The first kappa shape index (κ1) is 25.2. The highest BCUT2D eigenvalue weighted by Gasteiger charge is 2.30. The first-order valence-corrected chi connectivity index (χ1v) is 11.9. The van der Waals surface area contributed by atoms with Crippen molar-refractivity contribution in [3.63, 3.8) is 0 Å². The maximum Gasteiger partial charge on any atom is 0.242 e. The molecule has 3 aromatic rings. The lowest BCUT2D eigenvalue weighted by atomic mass is 9.88. The summed E-state index contributed by atoms with van der Waals surface area (Å²) in [7, 11) is 0. The molecule has 0 saturated carbocycles. The molecule has 0 spiro atoms. The van der Waals surface area contributed by atoms with Crippen LogP contribution in [0.5, 0.6) is 0 Å². The van der Waals surface area contributed by atoms with E-state index in [1.165, 1.54) is 0 Å². The van der Waals surface area contributed by atoms with Gasteiger partial charge >= 0.3 is 0 Å². The maximum absolute atomic E-state index is 13.9. The van der Waals surface area contributed by atoms with E-state index in [9.17, 15) is 9.59 Å². The van der Waals surface area contributed by atoms with Crippen LogP contribution in [0, 0.1) is 6.92 Å². The molecule has 0 aromatic heterocycles. The van der Waals surface area contributed by atoms with Crippen LogP contribution in [0.25, 0.3) is 0 Å². The largest absolute Gasteiger partial charge is 0.350 e. The van der Waals surface area contributed by atoms with E-state index in [0.717, 1.165) is 22.3 Å². The molecule has 3 aromatic carbocycles. The second kappa shape index (κ2) is 11.1. The average Bonchev–Trinajstić information content (AvgIpc) is 2.81. The fraction of sp³-hybridized carbons (Fsp3) is 0.333. The summed E-state index contributed by atoms with van der Waals surface area (Å²) in [5.74, 6) is -0.282. The van der Waals surface area contributed by atoms with Crippen molar-refractivity contribution in [3.8, 4) is 0 Å². The molecule has 3 rings (SSSR count). The van der Waals surface area contributed by atoms with Crippen LogP contribution in [-0.4, -0.2) is 28.3 Å². The van der Waals surface area contributed by atoms with E-state index in [1.807, 2.05) is 95.3 Å². The molecule has 0 aliphatic rings. The number of nitrogens with one attached hydrogen (secondary N) is 1. The lowest BCUT2D eigenvalue weighted by Crippen LogP contribution is -2.52. The number of rotatable bonds is 8. The Labute approximate surface area is 204 Å². The zero-order valence-corrected chi connectivity index (χ0v) is 20.9. The summed E-state index contributed by atoms with van der Waals surface area (Å²) >= 11 is 0. The molecule has 4 heteroatoms. The van der Waals surface area contributed by atoms with Crippen LogP contribution in [-0.2, 0) is 16.1 Å². The molecule has 34 heavy (non-hydrogen) atoms. The average molecular weight is 457 g/mol. The summed E-state index contributed by atoms with van der Waals surface area (Å²) in [6, 6.07) is 27.6. The topological polar surface area (TPSA) is 49.4 Å². The van der Waals surface area contributed by atoms with Crippen LogP contribution in [0.1, 0.15) is 62.3 Å². The third-order valence-electron chi connectivity index (χ3n) is 6.05. The van der Waals surface area contributed by atoms with Crippen molar-refractivity contribution in [1.82, 2.24) is 10.2 Å². The molecular formula is C30H36N2O2. The normalized spacial score (nSPS) is 12.3. The molecule has 0 bridgehead atoms. The van der Waals surface area contributed by atoms with Crippen LogP contribution in [0.2, 0.25) is 0 Å². The van der Waals surface area contributed by atoms with Crippen molar-refractivity contribution in [2.45, 2.75) is 65.1 Å². The molecule has 0 heterocycles. The quantitative estimate of drug-likeness (QED) is 0.462. The fourth-order valence-corrected chi connectivity index (χ4v) is 4.12. The lowest BCUT2D eigenvalue weighted by Gasteiger charge is -2.33. The van der Waals surface area contributed by atoms with Gasteiger partial charge in [-0.15, -0.1) is 0 Å². The van der Waals surface area contributed by atoms with E-state index < -0.39 is 6.04 Å². The van der Waals surface area contributed by atoms with Crippen LogP contribution < -0.4 is 5.32 Å². The SMILES string of the molecule is Cc1ccccc1CN(C(=O)CC(c1ccccc1)c1ccccc1)[C@H](C)C(=O)NC(C)(C)C. The van der Waals surface area contributed by atoms with Gasteiger partial charge in [-0.3, -0.25) is 9.59 Å². The van der Waals surface area contributed by atoms with Crippen LogP contribution in [0.4, 0.5) is 0 Å². The van der Waals surface area contributed by atoms with Gasteiger partial charge in [0.2, 0.25) is 11.8 Å². The predicted octanol–water partition coefficient (Wildman–Crippen LogP) is 5.85. The minimum absolute atomic E-state index is 0.0440. The summed E-state index contributed by atoms with van der Waals surface area (Å²) in [5.41, 5.74) is 3.95. The van der Waals surface area contributed by atoms with Crippen LogP contribution in [0.3, 0.4) is 0 Å². The number of nitrogens with zero attached hydrogens (tertiary/aromatic N) is 1. The molecule has 4 nitrogen and oxygen atoms in total. The van der Waals surface area contributed by atoms with Crippen molar-refractivity contribution in [2.75, 3.05) is 0 Å². The highest BCUT2D eigenvalue weighted by Crippen LogP contribution is 2.29. The Hall–Kier alpha value is -3.40. The number of amides is 2. The molecule has 178 valence electrons. The minimum Gasteiger partial charge on any atom is -0.350 e. The molecule has 0 saturated heterocycles. The zero-order chi connectivity index (χ0) is 24.7. The van der Waals surface area contributed by atoms with Crippen molar-refractivity contribution < 1.29 is 9.59 Å². The number of aryl methyl sites for hydroxylation is 1. The maximum atomic E-state index is 13.9. The van der Waals surface area contributed by atoms with Gasteiger partial charge in [0.05, 0.1) is 0 Å². The molecule has 0 unspecified atom stereocenters. The Morgan fingerprint density at radius 1 is 0.824 bits per heavy atom. The molecule has 0 radical (unpaired) electrons. The smallest absolute Gasteiger partial charge is 0.242 e. The number of carbonyl (C=O) groups excluding carboxylic acids is 2. The van der Waals surface area contributed by atoms with Crippen molar-refractivity contribution in [3.05, 3.63) is 107 Å². The van der Waals surface area contributed by atoms with E-state index in [-0.39, 0.29) is 29.7 Å². The van der Waals surface area contributed by atoms with Gasteiger partial charge in [-0.25, -0.2) is 0 Å². The molecular weight excluding hydrogens is 420 g/mol. The monoisotopic (exact) mass is 456 g/mol. The molecule has 0 aliphatic heterocycles. The van der Waals surface area contributed by atoms with E-state index in [0.29, 0.717) is 6.54 Å². The number of hydrogen-bond acceptors (Lipinski definition) is 2. The van der Waals surface area contributed by atoms with Gasteiger partial charge in [-0.05, 0) is 56.9 Å². The second-order valence-electron chi connectivity index (χ2n) is 9.94. The first-order chi connectivity index (χ1) is 16.2. The number of benzene rings is 3. The predicted molar refractivity (Wildman–Crippen MR) is 138 cm³/mol. The first-order valence-electron chi connectivity index (χ1n) is 11.9. The number of carbonyl (C=O) groups is 2. The van der Waals surface area contributed by atoms with Gasteiger partial charge in [0.25, 0.3) is 0 Å². The minimum atomic E-state index is -0.599. The second-order valence-corrected chi connectivity index (χ2v) is 9.94. The Morgan fingerprint density at radius 3 is 1.82 bits per heavy atom. The third-order valence-corrected chi connectivity index (χ3v) is 6.05. The summed E-state index contributed by atoms with van der Waals surface area (Å²) < 4.78 is 0. The molecule has 0 aliphatic carbocycles. The van der Waals surface area contributed by atoms with Crippen LogP contribution in [0.15, 0.2) is 84.9 Å². The van der Waals surface area contributed by atoms with Gasteiger partial charge in [0, 0.05) is 24.4 Å². The summed E-state index contributed by atoms with van der Waals surface area (Å²) in [6.45, 7) is 10.1. The summed E-state index contributed by atoms with van der Waals surface area (Å²) in [4.78, 5) is 28.7.